The summed E-state index contributed by atoms with van der Waals surface area (Å²) in [7, 11) is 0. The highest BCUT2D eigenvalue weighted by Gasteiger charge is 2.34. The van der Waals surface area contributed by atoms with Crippen molar-refractivity contribution in [2.24, 2.45) is 5.73 Å². The lowest BCUT2D eigenvalue weighted by molar-refractivity contribution is -0.0197. The Kier molecular flexibility index (Phi) is 2.22. The number of aliphatic hydroxyl groups excluding tert-OH is 1. The molecule has 0 aromatic rings. The van der Waals surface area contributed by atoms with Crippen LogP contribution in [0.2, 0.25) is 0 Å². The van der Waals surface area contributed by atoms with Gasteiger partial charge in [-0.05, 0) is 20.8 Å². The van der Waals surface area contributed by atoms with Crippen molar-refractivity contribution in [1.82, 2.24) is 0 Å². The molecule has 0 spiro atoms. The molecule has 3 nitrogen and oxygen atoms in total. The van der Waals surface area contributed by atoms with E-state index in [1.54, 1.807) is 20.8 Å². The van der Waals surface area contributed by atoms with Crippen LogP contribution in [0.5, 0.6) is 0 Å². The predicted octanol–water partition coefficient (Wildman–Crippen LogP) is -0.533. The lowest BCUT2D eigenvalue weighted by Crippen LogP contribution is -2.57. The molecule has 1 unspecified atom stereocenters. The highest BCUT2D eigenvalue weighted by Crippen LogP contribution is 2.16. The number of hydrogen-bond acceptors (Lipinski definition) is 3. The van der Waals surface area contributed by atoms with Crippen LogP contribution in [0.25, 0.3) is 0 Å². The highest BCUT2D eigenvalue weighted by molar-refractivity contribution is 4.93. The quantitative estimate of drug-likeness (QED) is 0.474. The zero-order valence-electron chi connectivity index (χ0n) is 6.18. The largest absolute Gasteiger partial charge is 0.394 e. The molecule has 0 aliphatic carbocycles. The van der Waals surface area contributed by atoms with Crippen LogP contribution in [0.3, 0.4) is 0 Å². The maximum atomic E-state index is 9.26. The van der Waals surface area contributed by atoms with E-state index in [9.17, 15) is 5.11 Å². The molecule has 0 amide bonds. The van der Waals surface area contributed by atoms with Gasteiger partial charge < -0.3 is 15.9 Å². The van der Waals surface area contributed by atoms with Crippen molar-refractivity contribution in [3.05, 3.63) is 0 Å². The van der Waals surface area contributed by atoms with Crippen molar-refractivity contribution in [2.75, 3.05) is 6.61 Å². The molecule has 0 fully saturated rings. The summed E-state index contributed by atoms with van der Waals surface area (Å²) in [6.45, 7) is 4.54. The Bertz CT molecular complexity index is 93.7. The topological polar surface area (TPSA) is 66.5 Å². The summed E-state index contributed by atoms with van der Waals surface area (Å²) in [4.78, 5) is 0. The molecule has 0 rings (SSSR count). The Morgan fingerprint density at radius 2 is 1.67 bits per heavy atom. The smallest absolute Gasteiger partial charge is 0.0790 e. The van der Waals surface area contributed by atoms with E-state index >= 15 is 0 Å². The van der Waals surface area contributed by atoms with Gasteiger partial charge >= 0.3 is 0 Å². The second kappa shape index (κ2) is 2.25. The molecular formula is C6H15NO2. The van der Waals surface area contributed by atoms with Crippen LogP contribution in [0.4, 0.5) is 0 Å². The second-order valence-electron chi connectivity index (χ2n) is 3.13. The van der Waals surface area contributed by atoms with Gasteiger partial charge in [0.25, 0.3) is 0 Å². The van der Waals surface area contributed by atoms with Crippen molar-refractivity contribution in [3.63, 3.8) is 0 Å². The molecule has 9 heavy (non-hydrogen) atoms. The van der Waals surface area contributed by atoms with Gasteiger partial charge in [0.1, 0.15) is 0 Å². The minimum absolute atomic E-state index is 0.212. The van der Waals surface area contributed by atoms with E-state index in [0.29, 0.717) is 0 Å². The van der Waals surface area contributed by atoms with Gasteiger partial charge in [-0.15, -0.1) is 0 Å². The molecule has 3 heteroatoms. The van der Waals surface area contributed by atoms with Crippen LogP contribution in [-0.2, 0) is 0 Å². The molecule has 0 aromatic heterocycles. The third-order valence-corrected chi connectivity index (χ3v) is 1.73. The fourth-order valence-corrected chi connectivity index (χ4v) is 0.193. The molecule has 0 bridgehead atoms. The lowest BCUT2D eigenvalue weighted by atomic mass is 9.86. The van der Waals surface area contributed by atoms with Crippen molar-refractivity contribution in [1.29, 1.82) is 0 Å². The molecule has 56 valence electrons. The Labute approximate surface area is 55.5 Å². The van der Waals surface area contributed by atoms with Crippen LogP contribution < -0.4 is 5.73 Å². The van der Waals surface area contributed by atoms with Gasteiger partial charge in [-0.2, -0.15) is 0 Å². The highest BCUT2D eigenvalue weighted by atomic mass is 16.3. The molecule has 1 atom stereocenters. The van der Waals surface area contributed by atoms with E-state index in [-0.39, 0.29) is 6.61 Å². The van der Waals surface area contributed by atoms with Gasteiger partial charge in [-0.1, -0.05) is 0 Å². The first-order chi connectivity index (χ1) is 3.81. The Morgan fingerprint density at radius 3 is 1.67 bits per heavy atom. The maximum Gasteiger partial charge on any atom is 0.0790 e. The van der Waals surface area contributed by atoms with Crippen molar-refractivity contribution in [2.45, 2.75) is 31.9 Å². The van der Waals surface area contributed by atoms with Gasteiger partial charge in [0.15, 0.2) is 0 Å². The SMILES string of the molecule is CC(C)(O)C(C)(N)CO. The Balaban J connectivity index is 4.14. The summed E-state index contributed by atoms with van der Waals surface area (Å²) in [5.74, 6) is 0. The lowest BCUT2D eigenvalue weighted by Gasteiger charge is -2.34. The normalized spacial score (nSPS) is 19.3. The summed E-state index contributed by atoms with van der Waals surface area (Å²) in [5.41, 5.74) is 3.56. The van der Waals surface area contributed by atoms with Gasteiger partial charge in [-0.3, -0.25) is 0 Å². The van der Waals surface area contributed by atoms with Gasteiger partial charge in [0.2, 0.25) is 0 Å². The standard InChI is InChI=1S/C6H15NO2/c1-5(2,9)6(3,7)4-8/h8-9H,4,7H2,1-3H3. The molecule has 4 N–H and O–H groups in total. The van der Waals surface area contributed by atoms with Crippen LogP contribution in [0.15, 0.2) is 0 Å². The first kappa shape index (κ1) is 8.88. The van der Waals surface area contributed by atoms with E-state index in [1.165, 1.54) is 0 Å². The van der Waals surface area contributed by atoms with Crippen molar-refractivity contribution >= 4 is 0 Å². The van der Waals surface area contributed by atoms with Crippen LogP contribution in [-0.4, -0.2) is 28.0 Å². The zero-order valence-corrected chi connectivity index (χ0v) is 6.18. The minimum Gasteiger partial charge on any atom is -0.394 e. The number of aliphatic hydroxyl groups is 2. The maximum absolute atomic E-state index is 9.26. The summed E-state index contributed by atoms with van der Waals surface area (Å²) < 4.78 is 0. The average molecular weight is 133 g/mol. The van der Waals surface area contributed by atoms with E-state index in [1.807, 2.05) is 0 Å². The Hall–Kier alpha value is -0.120. The number of rotatable bonds is 2. The average Bonchev–Trinajstić information content (AvgIpc) is 1.64. The molecule has 0 heterocycles. The molecule has 0 saturated carbocycles. The molecule has 0 aliphatic rings. The first-order valence-electron chi connectivity index (χ1n) is 2.93. The van der Waals surface area contributed by atoms with Gasteiger partial charge in [0.05, 0.1) is 17.7 Å². The van der Waals surface area contributed by atoms with E-state index in [2.05, 4.69) is 0 Å². The summed E-state index contributed by atoms with van der Waals surface area (Å²) in [5, 5.41) is 17.9. The zero-order chi connectivity index (χ0) is 7.71. The van der Waals surface area contributed by atoms with Crippen LogP contribution in [0.1, 0.15) is 20.8 Å². The number of nitrogens with two attached hydrogens (primary N) is 1. The minimum atomic E-state index is -1.03. The molecule has 0 aromatic carbocycles. The fourth-order valence-electron chi connectivity index (χ4n) is 0.193. The predicted molar refractivity (Wildman–Crippen MR) is 36.0 cm³/mol. The monoisotopic (exact) mass is 133 g/mol. The van der Waals surface area contributed by atoms with Crippen molar-refractivity contribution < 1.29 is 10.2 Å². The van der Waals surface area contributed by atoms with Gasteiger partial charge in [0, 0.05) is 0 Å². The van der Waals surface area contributed by atoms with Gasteiger partial charge in [-0.25, -0.2) is 0 Å². The van der Waals surface area contributed by atoms with E-state index in [4.69, 9.17) is 10.8 Å². The molecular weight excluding hydrogens is 118 g/mol. The summed E-state index contributed by atoms with van der Waals surface area (Å²) >= 11 is 0. The summed E-state index contributed by atoms with van der Waals surface area (Å²) in [6.07, 6.45) is 0. The third kappa shape index (κ3) is 1.93. The molecule has 0 aliphatic heterocycles. The van der Waals surface area contributed by atoms with E-state index in [0.717, 1.165) is 0 Å². The second-order valence-corrected chi connectivity index (χ2v) is 3.13. The Morgan fingerprint density at radius 1 is 1.33 bits per heavy atom. The van der Waals surface area contributed by atoms with Crippen LogP contribution in [0, 0.1) is 0 Å². The van der Waals surface area contributed by atoms with Crippen LogP contribution >= 0.6 is 0 Å². The van der Waals surface area contributed by atoms with Crippen molar-refractivity contribution in [3.8, 4) is 0 Å². The first-order valence-corrected chi connectivity index (χ1v) is 2.93. The molecule has 0 saturated heterocycles. The summed E-state index contributed by atoms with van der Waals surface area (Å²) in [6, 6.07) is 0. The fraction of sp³-hybridized carbons (Fsp3) is 1.00. The number of hydrogen-bond donors (Lipinski definition) is 3. The van der Waals surface area contributed by atoms with E-state index < -0.39 is 11.1 Å². The molecule has 0 radical (unpaired) electrons. The third-order valence-electron chi connectivity index (χ3n) is 1.73.